The highest BCUT2D eigenvalue weighted by Crippen LogP contribution is 2.17. The van der Waals surface area contributed by atoms with Crippen molar-refractivity contribution in [3.8, 4) is 0 Å². The number of nitrogens with two attached hydrogens (primary N) is 1. The van der Waals surface area contributed by atoms with Crippen LogP contribution in [0.1, 0.15) is 12.0 Å². The minimum absolute atomic E-state index is 0.203. The minimum atomic E-state index is -0.203. The third-order valence-electron chi connectivity index (χ3n) is 2.53. The predicted octanol–water partition coefficient (Wildman–Crippen LogP) is 0.111. The summed E-state index contributed by atoms with van der Waals surface area (Å²) >= 11 is 0. The first-order chi connectivity index (χ1) is 6.79. The lowest BCUT2D eigenvalue weighted by molar-refractivity contribution is 0.198. The van der Waals surface area contributed by atoms with Crippen LogP contribution in [0.4, 0.5) is 5.82 Å². The van der Waals surface area contributed by atoms with Crippen LogP contribution in [-0.2, 0) is 6.54 Å². The molecule has 1 aliphatic heterocycles. The number of aliphatic hydroxyl groups excluding tert-OH is 1. The molecule has 14 heavy (non-hydrogen) atoms. The van der Waals surface area contributed by atoms with E-state index >= 15 is 0 Å². The van der Waals surface area contributed by atoms with Crippen LogP contribution in [0.15, 0.2) is 18.3 Å². The molecule has 0 radical (unpaired) electrons. The summed E-state index contributed by atoms with van der Waals surface area (Å²) in [6.45, 7) is 2.10. The highest BCUT2D eigenvalue weighted by Gasteiger charge is 2.20. The fourth-order valence-corrected chi connectivity index (χ4v) is 1.67. The fourth-order valence-electron chi connectivity index (χ4n) is 1.67. The van der Waals surface area contributed by atoms with Gasteiger partial charge in [0, 0.05) is 25.8 Å². The summed E-state index contributed by atoms with van der Waals surface area (Å²) in [5, 5.41) is 9.37. The van der Waals surface area contributed by atoms with E-state index in [0.29, 0.717) is 13.1 Å². The lowest BCUT2D eigenvalue weighted by Crippen LogP contribution is -2.22. The van der Waals surface area contributed by atoms with Crippen LogP contribution in [0.5, 0.6) is 0 Å². The van der Waals surface area contributed by atoms with Crippen LogP contribution in [0, 0.1) is 0 Å². The Morgan fingerprint density at radius 2 is 2.43 bits per heavy atom. The second-order valence-corrected chi connectivity index (χ2v) is 3.62. The van der Waals surface area contributed by atoms with E-state index in [9.17, 15) is 5.11 Å². The summed E-state index contributed by atoms with van der Waals surface area (Å²) < 4.78 is 0. The third kappa shape index (κ3) is 1.86. The van der Waals surface area contributed by atoms with Gasteiger partial charge in [-0.2, -0.15) is 0 Å². The number of nitrogens with zero attached hydrogens (tertiary/aromatic N) is 2. The normalized spacial score (nSPS) is 21.6. The zero-order valence-electron chi connectivity index (χ0n) is 8.06. The molecule has 0 aliphatic carbocycles. The predicted molar refractivity (Wildman–Crippen MR) is 55.0 cm³/mol. The van der Waals surface area contributed by atoms with Crippen molar-refractivity contribution in [2.45, 2.75) is 19.1 Å². The summed E-state index contributed by atoms with van der Waals surface area (Å²) in [6.07, 6.45) is 2.42. The summed E-state index contributed by atoms with van der Waals surface area (Å²) in [5.74, 6) is 0.929. The lowest BCUT2D eigenvalue weighted by Gasteiger charge is -2.16. The van der Waals surface area contributed by atoms with Crippen molar-refractivity contribution < 1.29 is 5.11 Å². The summed E-state index contributed by atoms with van der Waals surface area (Å²) in [6, 6.07) is 3.94. The number of hydrogen-bond donors (Lipinski definition) is 2. The van der Waals surface area contributed by atoms with E-state index in [4.69, 9.17) is 5.73 Å². The molecule has 0 unspecified atom stereocenters. The molecule has 1 atom stereocenters. The Morgan fingerprint density at radius 3 is 2.93 bits per heavy atom. The van der Waals surface area contributed by atoms with Crippen molar-refractivity contribution in [2.75, 3.05) is 18.0 Å². The smallest absolute Gasteiger partial charge is 0.128 e. The van der Waals surface area contributed by atoms with E-state index in [1.165, 1.54) is 0 Å². The average Bonchev–Trinajstić information content (AvgIpc) is 2.65. The van der Waals surface area contributed by atoms with Crippen LogP contribution in [-0.4, -0.2) is 29.3 Å². The number of β-amino-alcohol motifs (C(OH)–C–C–N with tert-alkyl or cyclic N) is 1. The quantitative estimate of drug-likeness (QED) is 0.700. The Hall–Kier alpha value is -1.13. The molecule has 0 aromatic carbocycles. The number of rotatable bonds is 2. The number of pyridine rings is 1. The van der Waals surface area contributed by atoms with Crippen molar-refractivity contribution in [1.29, 1.82) is 0 Å². The van der Waals surface area contributed by atoms with Gasteiger partial charge in [-0.15, -0.1) is 0 Å². The highest BCUT2D eigenvalue weighted by molar-refractivity contribution is 5.40. The first-order valence-corrected chi connectivity index (χ1v) is 4.87. The molecule has 4 nitrogen and oxygen atoms in total. The number of aliphatic hydroxyl groups is 1. The fraction of sp³-hybridized carbons (Fsp3) is 0.500. The molecule has 2 heterocycles. The Bertz CT molecular complexity index is 299. The molecular weight excluding hydrogens is 178 g/mol. The van der Waals surface area contributed by atoms with Crippen LogP contribution in [0.2, 0.25) is 0 Å². The Kier molecular flexibility index (Phi) is 2.65. The molecule has 0 saturated carbocycles. The van der Waals surface area contributed by atoms with Crippen LogP contribution in [0.25, 0.3) is 0 Å². The van der Waals surface area contributed by atoms with Gasteiger partial charge in [-0.1, -0.05) is 6.07 Å². The molecule has 4 heteroatoms. The average molecular weight is 193 g/mol. The molecule has 76 valence electrons. The molecule has 1 saturated heterocycles. The monoisotopic (exact) mass is 193 g/mol. The maximum Gasteiger partial charge on any atom is 0.128 e. The molecule has 1 aromatic heterocycles. The largest absolute Gasteiger partial charge is 0.391 e. The first-order valence-electron chi connectivity index (χ1n) is 4.87. The Morgan fingerprint density at radius 1 is 1.57 bits per heavy atom. The summed E-state index contributed by atoms with van der Waals surface area (Å²) in [4.78, 5) is 6.39. The summed E-state index contributed by atoms with van der Waals surface area (Å²) in [7, 11) is 0. The second-order valence-electron chi connectivity index (χ2n) is 3.62. The van der Waals surface area contributed by atoms with Crippen molar-refractivity contribution >= 4 is 5.82 Å². The zero-order valence-corrected chi connectivity index (χ0v) is 8.06. The van der Waals surface area contributed by atoms with Crippen LogP contribution in [0.3, 0.4) is 0 Å². The summed E-state index contributed by atoms with van der Waals surface area (Å²) in [5.41, 5.74) is 6.52. The Labute approximate surface area is 83.4 Å². The minimum Gasteiger partial charge on any atom is -0.391 e. The zero-order chi connectivity index (χ0) is 9.97. The van der Waals surface area contributed by atoms with Gasteiger partial charge in [-0.3, -0.25) is 0 Å². The third-order valence-corrected chi connectivity index (χ3v) is 2.53. The van der Waals surface area contributed by atoms with Gasteiger partial charge in [0.25, 0.3) is 0 Å². The van der Waals surface area contributed by atoms with E-state index in [2.05, 4.69) is 9.88 Å². The van der Waals surface area contributed by atoms with Crippen molar-refractivity contribution in [3.63, 3.8) is 0 Å². The van der Waals surface area contributed by atoms with Crippen LogP contribution >= 0.6 is 0 Å². The number of aromatic nitrogens is 1. The van der Waals surface area contributed by atoms with Gasteiger partial charge in [-0.05, 0) is 18.1 Å². The van der Waals surface area contributed by atoms with Crippen LogP contribution < -0.4 is 10.6 Å². The first kappa shape index (κ1) is 9.43. The van der Waals surface area contributed by atoms with Gasteiger partial charge in [0.1, 0.15) is 5.82 Å². The van der Waals surface area contributed by atoms with Gasteiger partial charge in [-0.25, -0.2) is 4.98 Å². The standard InChI is InChI=1S/C10H15N3O/c11-5-8-1-2-10(12-6-8)13-4-3-9(14)7-13/h1-2,6,9,14H,3-5,7,11H2/t9-/m1/s1. The lowest BCUT2D eigenvalue weighted by atomic mass is 10.3. The molecule has 1 aromatic rings. The van der Waals surface area contributed by atoms with Crippen molar-refractivity contribution in [3.05, 3.63) is 23.9 Å². The van der Waals surface area contributed by atoms with E-state index in [0.717, 1.165) is 24.3 Å². The van der Waals surface area contributed by atoms with Gasteiger partial charge in [0.15, 0.2) is 0 Å². The number of anilines is 1. The van der Waals surface area contributed by atoms with E-state index < -0.39 is 0 Å². The van der Waals surface area contributed by atoms with Gasteiger partial charge in [0.2, 0.25) is 0 Å². The van der Waals surface area contributed by atoms with E-state index in [1.807, 2.05) is 12.1 Å². The van der Waals surface area contributed by atoms with E-state index in [1.54, 1.807) is 6.20 Å². The molecule has 0 amide bonds. The number of hydrogen-bond acceptors (Lipinski definition) is 4. The Balaban J connectivity index is 2.09. The molecule has 0 bridgehead atoms. The topological polar surface area (TPSA) is 62.4 Å². The molecule has 1 aliphatic rings. The molecular formula is C10H15N3O. The maximum absolute atomic E-state index is 9.37. The maximum atomic E-state index is 9.37. The molecule has 2 rings (SSSR count). The SMILES string of the molecule is NCc1ccc(N2CC[C@@H](O)C2)nc1. The van der Waals surface area contributed by atoms with Gasteiger partial charge in [0.05, 0.1) is 6.10 Å². The molecule has 0 spiro atoms. The second kappa shape index (κ2) is 3.94. The van der Waals surface area contributed by atoms with Gasteiger partial charge < -0.3 is 15.7 Å². The highest BCUT2D eigenvalue weighted by atomic mass is 16.3. The molecule has 3 N–H and O–H groups in total. The molecule has 1 fully saturated rings. The van der Waals surface area contributed by atoms with Crippen molar-refractivity contribution in [2.24, 2.45) is 5.73 Å². The van der Waals surface area contributed by atoms with Gasteiger partial charge >= 0.3 is 0 Å². The van der Waals surface area contributed by atoms with Crippen molar-refractivity contribution in [1.82, 2.24) is 4.98 Å². The van der Waals surface area contributed by atoms with E-state index in [-0.39, 0.29) is 6.10 Å².